The molecule has 1 fully saturated rings. The minimum atomic E-state index is 0.325. The van der Waals surface area contributed by atoms with Crippen LogP contribution in [0.4, 0.5) is 0 Å². The van der Waals surface area contributed by atoms with Crippen molar-refractivity contribution in [3.05, 3.63) is 36.5 Å². The highest BCUT2D eigenvalue weighted by Crippen LogP contribution is 2.40. The molecule has 0 aromatic rings. The maximum atomic E-state index is 3.86. The Morgan fingerprint density at radius 2 is 2.18 bits per heavy atom. The summed E-state index contributed by atoms with van der Waals surface area (Å²) in [7, 11) is 2.25. The SMILES string of the molecule is C=C/C=C(\C=C/C)C1(CC)CCCCN(C)C1. The first-order valence-electron chi connectivity index (χ1n) is 6.83. The van der Waals surface area contributed by atoms with Gasteiger partial charge < -0.3 is 4.90 Å². The van der Waals surface area contributed by atoms with Crippen LogP contribution in [0.3, 0.4) is 0 Å². The number of rotatable bonds is 4. The van der Waals surface area contributed by atoms with E-state index in [1.807, 2.05) is 6.08 Å². The van der Waals surface area contributed by atoms with Gasteiger partial charge in [0.1, 0.15) is 0 Å². The van der Waals surface area contributed by atoms with Gasteiger partial charge in [-0.25, -0.2) is 0 Å². The van der Waals surface area contributed by atoms with Crippen molar-refractivity contribution in [3.63, 3.8) is 0 Å². The first-order chi connectivity index (χ1) is 8.18. The molecule has 1 atom stereocenters. The maximum absolute atomic E-state index is 3.86. The van der Waals surface area contributed by atoms with Gasteiger partial charge in [-0.15, -0.1) is 0 Å². The summed E-state index contributed by atoms with van der Waals surface area (Å²) < 4.78 is 0. The molecule has 1 aliphatic rings. The highest BCUT2D eigenvalue weighted by atomic mass is 15.1. The molecule has 0 aliphatic carbocycles. The Labute approximate surface area is 107 Å². The molecule has 1 rings (SSSR count). The number of allylic oxidation sites excluding steroid dienone is 4. The summed E-state index contributed by atoms with van der Waals surface area (Å²) in [4.78, 5) is 2.48. The number of hydrogen-bond acceptors (Lipinski definition) is 1. The molecule has 0 N–H and O–H groups in total. The van der Waals surface area contributed by atoms with Crippen LogP contribution in [0.25, 0.3) is 0 Å². The van der Waals surface area contributed by atoms with Crippen LogP contribution in [-0.2, 0) is 0 Å². The molecular weight excluding hydrogens is 206 g/mol. The Hall–Kier alpha value is -0.820. The smallest absolute Gasteiger partial charge is 0.00774 e. The van der Waals surface area contributed by atoms with Crippen LogP contribution in [0, 0.1) is 5.41 Å². The van der Waals surface area contributed by atoms with Crippen LogP contribution in [-0.4, -0.2) is 25.0 Å². The van der Waals surface area contributed by atoms with Gasteiger partial charge >= 0.3 is 0 Å². The Kier molecular flexibility index (Phi) is 5.70. The normalized spacial score (nSPS) is 28.3. The molecule has 0 aromatic heterocycles. The third-order valence-electron chi connectivity index (χ3n) is 3.95. The van der Waals surface area contributed by atoms with E-state index in [1.54, 1.807) is 0 Å². The minimum absolute atomic E-state index is 0.325. The average molecular weight is 233 g/mol. The van der Waals surface area contributed by atoms with Crippen molar-refractivity contribution in [2.24, 2.45) is 5.41 Å². The lowest BCUT2D eigenvalue weighted by Crippen LogP contribution is -2.34. The van der Waals surface area contributed by atoms with Gasteiger partial charge in [-0.1, -0.05) is 44.2 Å². The lowest BCUT2D eigenvalue weighted by Gasteiger charge is -2.36. The predicted molar refractivity (Wildman–Crippen MR) is 77.2 cm³/mol. The second-order valence-electron chi connectivity index (χ2n) is 5.19. The van der Waals surface area contributed by atoms with Crippen molar-refractivity contribution < 1.29 is 0 Å². The third-order valence-corrected chi connectivity index (χ3v) is 3.95. The van der Waals surface area contributed by atoms with Gasteiger partial charge in [-0.3, -0.25) is 0 Å². The molecule has 0 aromatic carbocycles. The molecule has 1 unspecified atom stereocenters. The molecular formula is C16H27N. The van der Waals surface area contributed by atoms with Gasteiger partial charge in [0, 0.05) is 12.0 Å². The van der Waals surface area contributed by atoms with E-state index in [4.69, 9.17) is 0 Å². The van der Waals surface area contributed by atoms with E-state index in [0.29, 0.717) is 5.41 Å². The van der Waals surface area contributed by atoms with E-state index in [0.717, 1.165) is 0 Å². The molecule has 17 heavy (non-hydrogen) atoms. The molecule has 0 bridgehead atoms. The van der Waals surface area contributed by atoms with Crippen LogP contribution in [0.2, 0.25) is 0 Å². The highest BCUT2D eigenvalue weighted by Gasteiger charge is 2.33. The van der Waals surface area contributed by atoms with Gasteiger partial charge in [-0.2, -0.15) is 0 Å². The van der Waals surface area contributed by atoms with Crippen molar-refractivity contribution >= 4 is 0 Å². The van der Waals surface area contributed by atoms with Gasteiger partial charge in [0.25, 0.3) is 0 Å². The van der Waals surface area contributed by atoms with E-state index in [-0.39, 0.29) is 0 Å². The van der Waals surface area contributed by atoms with E-state index in [2.05, 4.69) is 50.6 Å². The number of nitrogens with zero attached hydrogens (tertiary/aromatic N) is 1. The van der Waals surface area contributed by atoms with E-state index >= 15 is 0 Å². The Morgan fingerprint density at radius 1 is 1.41 bits per heavy atom. The second kappa shape index (κ2) is 6.80. The molecule has 0 amide bonds. The summed E-state index contributed by atoms with van der Waals surface area (Å²) in [6.07, 6.45) is 13.7. The molecule has 1 nitrogen and oxygen atoms in total. The molecule has 96 valence electrons. The predicted octanol–water partition coefficient (Wildman–Crippen LogP) is 4.19. The molecule has 1 saturated heterocycles. The Balaban J connectivity index is 3.05. The van der Waals surface area contributed by atoms with E-state index < -0.39 is 0 Å². The van der Waals surface area contributed by atoms with Crippen LogP contribution in [0.5, 0.6) is 0 Å². The topological polar surface area (TPSA) is 3.24 Å². The largest absolute Gasteiger partial charge is 0.305 e. The lowest BCUT2D eigenvalue weighted by molar-refractivity contribution is 0.222. The molecule has 0 saturated carbocycles. The molecule has 0 radical (unpaired) electrons. The Morgan fingerprint density at radius 3 is 2.76 bits per heavy atom. The maximum Gasteiger partial charge on any atom is 0.00774 e. The van der Waals surface area contributed by atoms with Crippen molar-refractivity contribution in [1.29, 1.82) is 0 Å². The van der Waals surface area contributed by atoms with Gasteiger partial charge in [0.2, 0.25) is 0 Å². The zero-order valence-corrected chi connectivity index (χ0v) is 11.7. The lowest BCUT2D eigenvalue weighted by atomic mass is 9.73. The van der Waals surface area contributed by atoms with Crippen LogP contribution < -0.4 is 0 Å². The average Bonchev–Trinajstić information content (AvgIpc) is 2.51. The highest BCUT2D eigenvalue weighted by molar-refractivity contribution is 5.30. The van der Waals surface area contributed by atoms with E-state index in [1.165, 1.54) is 44.3 Å². The van der Waals surface area contributed by atoms with Crippen LogP contribution >= 0.6 is 0 Å². The quantitative estimate of drug-likeness (QED) is 0.658. The first kappa shape index (κ1) is 14.2. The molecule has 1 heterocycles. The minimum Gasteiger partial charge on any atom is -0.305 e. The summed E-state index contributed by atoms with van der Waals surface area (Å²) in [6, 6.07) is 0. The fourth-order valence-electron chi connectivity index (χ4n) is 2.96. The summed E-state index contributed by atoms with van der Waals surface area (Å²) in [6.45, 7) is 10.7. The fourth-order valence-corrected chi connectivity index (χ4v) is 2.96. The van der Waals surface area contributed by atoms with Gasteiger partial charge in [0.05, 0.1) is 0 Å². The number of likely N-dealkylation sites (tertiary alicyclic amines) is 1. The Bertz CT molecular complexity index is 301. The number of hydrogen-bond donors (Lipinski definition) is 0. The third kappa shape index (κ3) is 3.57. The summed E-state index contributed by atoms with van der Waals surface area (Å²) >= 11 is 0. The standard InChI is InChI=1S/C16H27N/c1-5-10-15(11-6-2)16(7-3)12-8-9-13-17(4)14-16/h5-6,10-11H,1,7-9,12-14H2,2-4H3/b11-6-,15-10+. The monoisotopic (exact) mass is 233 g/mol. The van der Waals surface area contributed by atoms with Crippen molar-refractivity contribution in [1.82, 2.24) is 4.90 Å². The van der Waals surface area contributed by atoms with Gasteiger partial charge in [0.15, 0.2) is 0 Å². The van der Waals surface area contributed by atoms with Crippen molar-refractivity contribution in [2.45, 2.75) is 39.5 Å². The van der Waals surface area contributed by atoms with Crippen molar-refractivity contribution in [3.8, 4) is 0 Å². The van der Waals surface area contributed by atoms with Crippen molar-refractivity contribution in [2.75, 3.05) is 20.1 Å². The van der Waals surface area contributed by atoms with Gasteiger partial charge in [-0.05, 0) is 45.4 Å². The second-order valence-corrected chi connectivity index (χ2v) is 5.19. The summed E-state index contributed by atoms with van der Waals surface area (Å²) in [5.41, 5.74) is 1.78. The molecule has 1 heteroatoms. The van der Waals surface area contributed by atoms with Crippen LogP contribution in [0.15, 0.2) is 36.5 Å². The van der Waals surface area contributed by atoms with Crippen LogP contribution in [0.1, 0.15) is 39.5 Å². The summed E-state index contributed by atoms with van der Waals surface area (Å²) in [5.74, 6) is 0. The summed E-state index contributed by atoms with van der Waals surface area (Å²) in [5, 5.41) is 0. The zero-order valence-electron chi connectivity index (χ0n) is 11.7. The zero-order chi connectivity index (χ0) is 12.7. The fraction of sp³-hybridized carbons (Fsp3) is 0.625. The molecule has 0 spiro atoms. The first-order valence-corrected chi connectivity index (χ1v) is 6.83. The van der Waals surface area contributed by atoms with E-state index in [9.17, 15) is 0 Å². The molecule has 1 aliphatic heterocycles.